The molecule has 3 rings (SSSR count). The predicted octanol–water partition coefficient (Wildman–Crippen LogP) is 5.14. The average molecular weight is 601 g/mol. The highest BCUT2D eigenvalue weighted by molar-refractivity contribution is 9.10. The minimum Gasteiger partial charge on any atom is -0.354 e. The molecular formula is C29H34BrN3O4S. The Morgan fingerprint density at radius 3 is 2.24 bits per heavy atom. The lowest BCUT2D eigenvalue weighted by Gasteiger charge is -2.32. The molecule has 0 aliphatic carbocycles. The number of anilines is 1. The molecule has 1 atom stereocenters. The smallest absolute Gasteiger partial charge is 0.264 e. The average Bonchev–Trinajstić information content (AvgIpc) is 2.88. The van der Waals surface area contributed by atoms with Gasteiger partial charge in [0.05, 0.1) is 10.6 Å². The van der Waals surface area contributed by atoms with E-state index in [1.54, 1.807) is 49.4 Å². The first-order valence-electron chi connectivity index (χ1n) is 12.4. The van der Waals surface area contributed by atoms with Crippen LogP contribution in [0.15, 0.2) is 88.2 Å². The third kappa shape index (κ3) is 7.68. The third-order valence-electron chi connectivity index (χ3n) is 5.99. The molecule has 3 aromatic rings. The molecule has 2 amide bonds. The molecular weight excluding hydrogens is 566 g/mol. The van der Waals surface area contributed by atoms with E-state index in [4.69, 9.17) is 0 Å². The fourth-order valence-corrected chi connectivity index (χ4v) is 5.74. The second-order valence-electron chi connectivity index (χ2n) is 9.63. The van der Waals surface area contributed by atoms with Crippen molar-refractivity contribution in [3.8, 4) is 0 Å². The lowest BCUT2D eigenvalue weighted by molar-refractivity contribution is -0.139. The Morgan fingerprint density at radius 2 is 1.61 bits per heavy atom. The van der Waals surface area contributed by atoms with Crippen LogP contribution in [0.2, 0.25) is 0 Å². The highest BCUT2D eigenvalue weighted by Gasteiger charge is 2.32. The summed E-state index contributed by atoms with van der Waals surface area (Å²) in [5.74, 6) is -0.534. The van der Waals surface area contributed by atoms with Crippen molar-refractivity contribution in [2.75, 3.05) is 17.4 Å². The van der Waals surface area contributed by atoms with E-state index in [0.717, 1.165) is 15.4 Å². The van der Waals surface area contributed by atoms with E-state index in [2.05, 4.69) is 21.2 Å². The molecule has 0 aliphatic heterocycles. The number of nitrogens with zero attached hydrogens (tertiary/aromatic N) is 2. The van der Waals surface area contributed by atoms with E-state index in [-0.39, 0.29) is 23.3 Å². The molecule has 38 heavy (non-hydrogen) atoms. The first kappa shape index (κ1) is 29.4. The number of hydrogen-bond donors (Lipinski definition) is 1. The van der Waals surface area contributed by atoms with Gasteiger partial charge in [0.25, 0.3) is 10.0 Å². The lowest BCUT2D eigenvalue weighted by atomic mass is 10.1. The van der Waals surface area contributed by atoms with E-state index < -0.39 is 28.5 Å². The summed E-state index contributed by atoms with van der Waals surface area (Å²) in [4.78, 5) is 28.4. The van der Waals surface area contributed by atoms with Gasteiger partial charge in [-0.25, -0.2) is 8.42 Å². The molecule has 0 saturated heterocycles. The van der Waals surface area contributed by atoms with Gasteiger partial charge in [0, 0.05) is 17.6 Å². The lowest BCUT2D eigenvalue weighted by Crippen LogP contribution is -2.51. The van der Waals surface area contributed by atoms with Crippen molar-refractivity contribution in [3.63, 3.8) is 0 Å². The van der Waals surface area contributed by atoms with E-state index in [9.17, 15) is 18.0 Å². The van der Waals surface area contributed by atoms with Crippen LogP contribution in [0.3, 0.4) is 0 Å². The van der Waals surface area contributed by atoms with E-state index in [1.165, 1.54) is 17.0 Å². The maximum atomic E-state index is 13.9. The molecule has 202 valence electrons. The molecule has 9 heteroatoms. The minimum atomic E-state index is -4.08. The van der Waals surface area contributed by atoms with Gasteiger partial charge in [-0.1, -0.05) is 83.9 Å². The summed E-state index contributed by atoms with van der Waals surface area (Å²) >= 11 is 3.40. The number of carbonyl (C=O) groups excluding carboxylic acids is 2. The molecule has 0 spiro atoms. The molecule has 0 bridgehead atoms. The number of carbonyl (C=O) groups is 2. The first-order valence-corrected chi connectivity index (χ1v) is 14.7. The zero-order chi connectivity index (χ0) is 27.9. The molecule has 0 radical (unpaired) electrons. The van der Waals surface area contributed by atoms with Gasteiger partial charge in [-0.05, 0) is 55.7 Å². The van der Waals surface area contributed by atoms with Crippen molar-refractivity contribution in [1.29, 1.82) is 0 Å². The molecule has 3 aromatic carbocycles. The Labute approximate surface area is 234 Å². The maximum absolute atomic E-state index is 13.9. The number of rotatable bonds is 11. The number of amides is 2. The topological polar surface area (TPSA) is 86.8 Å². The monoisotopic (exact) mass is 599 g/mol. The molecule has 0 fully saturated rings. The first-order chi connectivity index (χ1) is 18.0. The number of hydrogen-bond acceptors (Lipinski definition) is 4. The van der Waals surface area contributed by atoms with Crippen LogP contribution in [-0.4, -0.2) is 44.3 Å². The molecule has 0 aliphatic rings. The van der Waals surface area contributed by atoms with Crippen LogP contribution in [0.1, 0.15) is 31.9 Å². The fraction of sp³-hybridized carbons (Fsp3) is 0.310. The molecule has 0 aromatic heterocycles. The standard InChI is InChI=1S/C29H34BrN3O4S/c1-21(2)18-31-29(35)23(4)32(19-24-11-8-10-22(3)16-24)28(34)20-33(26-13-9-12-25(30)17-26)38(36,37)27-14-6-5-7-15-27/h5-17,21,23H,18-20H2,1-4H3,(H,31,35)/t23-/m1/s1. The number of nitrogens with one attached hydrogen (secondary N) is 1. The predicted molar refractivity (Wildman–Crippen MR) is 154 cm³/mol. The molecule has 0 unspecified atom stereocenters. The number of sulfonamides is 1. The summed E-state index contributed by atoms with van der Waals surface area (Å²) in [6.07, 6.45) is 0. The van der Waals surface area contributed by atoms with Gasteiger partial charge in [-0.3, -0.25) is 13.9 Å². The van der Waals surface area contributed by atoms with Gasteiger partial charge in [0.15, 0.2) is 0 Å². The molecule has 7 nitrogen and oxygen atoms in total. The van der Waals surface area contributed by atoms with E-state index in [1.807, 2.05) is 45.0 Å². The van der Waals surface area contributed by atoms with Crippen molar-refractivity contribution < 1.29 is 18.0 Å². The highest BCUT2D eigenvalue weighted by Crippen LogP contribution is 2.27. The zero-order valence-corrected chi connectivity index (χ0v) is 24.5. The number of benzene rings is 3. The highest BCUT2D eigenvalue weighted by atomic mass is 79.9. The van der Waals surface area contributed by atoms with E-state index >= 15 is 0 Å². The summed E-state index contributed by atoms with van der Waals surface area (Å²) < 4.78 is 29.3. The SMILES string of the molecule is Cc1cccc(CN(C(=O)CN(c2cccc(Br)c2)S(=O)(=O)c2ccccc2)[C@H](C)C(=O)NCC(C)C)c1. The van der Waals surface area contributed by atoms with Crippen molar-refractivity contribution in [3.05, 3.63) is 94.5 Å². The molecule has 0 heterocycles. The number of halogens is 1. The Hall–Kier alpha value is -3.17. The Balaban J connectivity index is 2.00. The summed E-state index contributed by atoms with van der Waals surface area (Å²) in [5.41, 5.74) is 2.21. The van der Waals surface area contributed by atoms with Crippen LogP contribution >= 0.6 is 15.9 Å². The minimum absolute atomic E-state index is 0.0701. The molecule has 0 saturated carbocycles. The van der Waals surface area contributed by atoms with Crippen LogP contribution in [0.4, 0.5) is 5.69 Å². The summed E-state index contributed by atoms with van der Waals surface area (Å²) in [6.45, 7) is 7.77. The second kappa shape index (κ2) is 13.1. The second-order valence-corrected chi connectivity index (χ2v) is 12.4. The number of aryl methyl sites for hydroxylation is 1. The van der Waals surface area contributed by atoms with Crippen LogP contribution in [0, 0.1) is 12.8 Å². The van der Waals surface area contributed by atoms with Gasteiger partial charge < -0.3 is 10.2 Å². The van der Waals surface area contributed by atoms with Crippen LogP contribution in [-0.2, 0) is 26.2 Å². The van der Waals surface area contributed by atoms with Gasteiger partial charge in [-0.2, -0.15) is 0 Å². The van der Waals surface area contributed by atoms with Gasteiger partial charge >= 0.3 is 0 Å². The van der Waals surface area contributed by atoms with Crippen LogP contribution in [0.25, 0.3) is 0 Å². The van der Waals surface area contributed by atoms with Crippen molar-refractivity contribution in [2.45, 2.75) is 45.2 Å². The van der Waals surface area contributed by atoms with Crippen LogP contribution < -0.4 is 9.62 Å². The summed E-state index contributed by atoms with van der Waals surface area (Å²) in [5, 5.41) is 2.89. The maximum Gasteiger partial charge on any atom is 0.264 e. The van der Waals surface area contributed by atoms with Gasteiger partial charge in [-0.15, -0.1) is 0 Å². The van der Waals surface area contributed by atoms with Crippen molar-refractivity contribution >= 4 is 43.5 Å². The molecule has 1 N–H and O–H groups in total. The van der Waals surface area contributed by atoms with Crippen molar-refractivity contribution in [1.82, 2.24) is 10.2 Å². The Kier molecular flexibility index (Phi) is 10.1. The quantitative estimate of drug-likeness (QED) is 0.330. The summed E-state index contributed by atoms with van der Waals surface area (Å²) in [6, 6.07) is 21.7. The Bertz CT molecular complexity index is 1360. The van der Waals surface area contributed by atoms with Gasteiger partial charge in [0.1, 0.15) is 12.6 Å². The fourth-order valence-electron chi connectivity index (χ4n) is 3.92. The normalized spacial score (nSPS) is 12.2. The van der Waals surface area contributed by atoms with Gasteiger partial charge in [0.2, 0.25) is 11.8 Å². The zero-order valence-electron chi connectivity index (χ0n) is 22.1. The summed E-state index contributed by atoms with van der Waals surface area (Å²) in [7, 11) is -4.08. The third-order valence-corrected chi connectivity index (χ3v) is 8.27. The van der Waals surface area contributed by atoms with Crippen LogP contribution in [0.5, 0.6) is 0 Å². The largest absolute Gasteiger partial charge is 0.354 e. The van der Waals surface area contributed by atoms with E-state index in [0.29, 0.717) is 16.7 Å². The Morgan fingerprint density at radius 1 is 0.921 bits per heavy atom. The van der Waals surface area contributed by atoms with Crippen molar-refractivity contribution in [2.24, 2.45) is 5.92 Å².